The second kappa shape index (κ2) is 5.46. The van der Waals surface area contributed by atoms with Crippen LogP contribution < -0.4 is 4.72 Å². The van der Waals surface area contributed by atoms with Gasteiger partial charge in [0.15, 0.2) is 5.82 Å². The number of carboxylic acids is 1. The molecule has 0 unspecified atom stereocenters. The number of carboxylic acid groups (broad SMARTS) is 1. The monoisotopic (exact) mass is 326 g/mol. The van der Waals surface area contributed by atoms with E-state index in [1.165, 1.54) is 0 Å². The van der Waals surface area contributed by atoms with E-state index in [4.69, 9.17) is 9.63 Å². The van der Waals surface area contributed by atoms with E-state index in [9.17, 15) is 13.2 Å². The molecule has 0 amide bonds. The predicted molar refractivity (Wildman–Crippen MR) is 73.6 cm³/mol. The van der Waals surface area contributed by atoms with E-state index in [1.54, 1.807) is 20.8 Å². The van der Waals surface area contributed by atoms with Crippen LogP contribution in [0.2, 0.25) is 0 Å². The molecule has 0 bridgehead atoms. The average molecular weight is 326 g/mol. The number of aromatic carboxylic acids is 1. The van der Waals surface area contributed by atoms with Gasteiger partial charge in [-0.1, -0.05) is 5.16 Å². The van der Waals surface area contributed by atoms with Crippen molar-refractivity contribution in [3.8, 4) is 0 Å². The summed E-state index contributed by atoms with van der Waals surface area (Å²) >= 11 is 0. The van der Waals surface area contributed by atoms with Crippen LogP contribution in [0.4, 0.5) is 0 Å². The zero-order valence-corrected chi connectivity index (χ0v) is 12.9. The van der Waals surface area contributed by atoms with Crippen LogP contribution in [-0.2, 0) is 15.6 Å². The van der Waals surface area contributed by atoms with Gasteiger partial charge >= 0.3 is 5.97 Å². The van der Waals surface area contributed by atoms with Crippen LogP contribution in [0.5, 0.6) is 0 Å². The van der Waals surface area contributed by atoms with Gasteiger partial charge in [-0.05, 0) is 26.0 Å². The van der Waals surface area contributed by atoms with E-state index in [2.05, 4.69) is 19.8 Å². The first-order chi connectivity index (χ1) is 10.1. The summed E-state index contributed by atoms with van der Waals surface area (Å²) < 4.78 is 31.9. The van der Waals surface area contributed by atoms with Crippen molar-refractivity contribution < 1.29 is 22.8 Å². The molecule has 0 saturated heterocycles. The largest absolute Gasteiger partial charge is 0.477 e. The lowest BCUT2D eigenvalue weighted by Crippen LogP contribution is -2.41. The fourth-order valence-electron chi connectivity index (χ4n) is 1.66. The summed E-state index contributed by atoms with van der Waals surface area (Å²) in [6.07, 6.45) is 0.976. The standard InChI is InChI=1S/C12H14N4O5S/c1-7-14-11(15-21-7)12(2,3)16-22(19,20)8-4-5-9(10(17)18)13-6-8/h4-6,16H,1-3H3,(H,17,18). The first-order valence-electron chi connectivity index (χ1n) is 6.16. The summed E-state index contributed by atoms with van der Waals surface area (Å²) in [7, 11) is -3.93. The molecule has 2 rings (SSSR count). The topological polar surface area (TPSA) is 135 Å². The highest BCUT2D eigenvalue weighted by Gasteiger charge is 2.32. The second-order valence-corrected chi connectivity index (χ2v) is 6.73. The molecule has 2 N–H and O–H groups in total. The zero-order valence-electron chi connectivity index (χ0n) is 12.1. The van der Waals surface area contributed by atoms with Crippen LogP contribution in [0.15, 0.2) is 27.7 Å². The van der Waals surface area contributed by atoms with Crippen molar-refractivity contribution in [3.05, 3.63) is 35.7 Å². The van der Waals surface area contributed by atoms with E-state index in [1.807, 2.05) is 0 Å². The maximum absolute atomic E-state index is 12.3. The third kappa shape index (κ3) is 3.28. The van der Waals surface area contributed by atoms with Gasteiger partial charge in [-0.2, -0.15) is 9.71 Å². The maximum atomic E-state index is 12.3. The molecule has 0 fully saturated rings. The van der Waals surface area contributed by atoms with Gasteiger partial charge in [0.05, 0.1) is 5.54 Å². The number of aromatic nitrogens is 3. The predicted octanol–water partition coefficient (Wildman–Crippen LogP) is 0.685. The average Bonchev–Trinajstić information content (AvgIpc) is 2.85. The highest BCUT2D eigenvalue weighted by Crippen LogP contribution is 2.20. The molecule has 0 aliphatic rings. The van der Waals surface area contributed by atoms with Crippen molar-refractivity contribution in [1.29, 1.82) is 0 Å². The number of nitrogens with zero attached hydrogens (tertiary/aromatic N) is 3. The Kier molecular flexibility index (Phi) is 3.98. The quantitative estimate of drug-likeness (QED) is 0.819. The maximum Gasteiger partial charge on any atom is 0.354 e. The minimum atomic E-state index is -3.93. The molecule has 0 atom stereocenters. The van der Waals surface area contributed by atoms with Crippen molar-refractivity contribution >= 4 is 16.0 Å². The lowest BCUT2D eigenvalue weighted by molar-refractivity contribution is 0.0690. The molecule has 2 aromatic rings. The molecule has 9 nitrogen and oxygen atoms in total. The molecule has 0 aliphatic carbocycles. The minimum Gasteiger partial charge on any atom is -0.477 e. The fourth-order valence-corrected chi connectivity index (χ4v) is 2.98. The third-order valence-corrected chi connectivity index (χ3v) is 4.38. The number of carbonyl (C=O) groups is 1. The highest BCUT2D eigenvalue weighted by molar-refractivity contribution is 7.89. The molecule has 118 valence electrons. The van der Waals surface area contributed by atoms with E-state index in [0.29, 0.717) is 5.89 Å². The summed E-state index contributed by atoms with van der Waals surface area (Å²) in [6, 6.07) is 2.28. The Hall–Kier alpha value is -2.33. The molecule has 0 aromatic carbocycles. The smallest absolute Gasteiger partial charge is 0.354 e. The Morgan fingerprint density at radius 3 is 2.50 bits per heavy atom. The normalized spacial score (nSPS) is 12.3. The lowest BCUT2D eigenvalue weighted by atomic mass is 10.1. The summed E-state index contributed by atoms with van der Waals surface area (Å²) in [4.78, 5) is 18.1. The van der Waals surface area contributed by atoms with E-state index < -0.39 is 21.5 Å². The molecular weight excluding hydrogens is 312 g/mol. The van der Waals surface area contributed by atoms with E-state index in [-0.39, 0.29) is 16.4 Å². The summed E-state index contributed by atoms with van der Waals surface area (Å²) in [5, 5.41) is 12.5. The van der Waals surface area contributed by atoms with Crippen LogP contribution in [0, 0.1) is 6.92 Å². The number of rotatable bonds is 5. The fraction of sp³-hybridized carbons (Fsp3) is 0.333. The first-order valence-corrected chi connectivity index (χ1v) is 7.64. The van der Waals surface area contributed by atoms with Crippen LogP contribution in [0.3, 0.4) is 0 Å². The van der Waals surface area contributed by atoms with Gasteiger partial charge < -0.3 is 9.63 Å². The molecule has 0 spiro atoms. The number of sulfonamides is 1. The van der Waals surface area contributed by atoms with Gasteiger partial charge in [0, 0.05) is 13.1 Å². The van der Waals surface area contributed by atoms with E-state index in [0.717, 1.165) is 18.3 Å². The highest BCUT2D eigenvalue weighted by atomic mass is 32.2. The summed E-state index contributed by atoms with van der Waals surface area (Å²) in [5.74, 6) is -0.738. The molecule has 2 heterocycles. The zero-order chi connectivity index (χ0) is 16.5. The van der Waals surface area contributed by atoms with Gasteiger partial charge in [-0.15, -0.1) is 0 Å². The minimum absolute atomic E-state index is 0.161. The van der Waals surface area contributed by atoms with Gasteiger partial charge in [-0.3, -0.25) is 0 Å². The lowest BCUT2D eigenvalue weighted by Gasteiger charge is -2.21. The molecule has 10 heteroatoms. The van der Waals surface area contributed by atoms with Crippen LogP contribution in [0.1, 0.15) is 36.1 Å². The molecular formula is C12H14N4O5S. The molecule has 22 heavy (non-hydrogen) atoms. The van der Waals surface area contributed by atoms with Crippen LogP contribution in [-0.4, -0.2) is 34.6 Å². The summed E-state index contributed by atoms with van der Waals surface area (Å²) in [6.45, 7) is 4.75. The first kappa shape index (κ1) is 16.0. The van der Waals surface area contributed by atoms with Crippen molar-refractivity contribution in [2.75, 3.05) is 0 Å². The van der Waals surface area contributed by atoms with Crippen molar-refractivity contribution in [1.82, 2.24) is 19.8 Å². The number of pyridine rings is 1. The molecule has 2 aromatic heterocycles. The van der Waals surface area contributed by atoms with Gasteiger partial charge in [-0.25, -0.2) is 18.2 Å². The van der Waals surface area contributed by atoms with Crippen LogP contribution in [0.25, 0.3) is 0 Å². The Morgan fingerprint density at radius 1 is 1.36 bits per heavy atom. The van der Waals surface area contributed by atoms with Gasteiger partial charge in [0.1, 0.15) is 10.6 Å². The van der Waals surface area contributed by atoms with Gasteiger partial charge in [0.25, 0.3) is 0 Å². The Balaban J connectivity index is 2.28. The number of hydrogen-bond acceptors (Lipinski definition) is 7. The Bertz CT molecular complexity index is 795. The number of aryl methyl sites for hydroxylation is 1. The Morgan fingerprint density at radius 2 is 2.05 bits per heavy atom. The Labute approximate surface area is 126 Å². The molecule has 0 saturated carbocycles. The third-order valence-electron chi connectivity index (χ3n) is 2.74. The van der Waals surface area contributed by atoms with Gasteiger partial charge in [0.2, 0.25) is 15.9 Å². The summed E-state index contributed by atoms with van der Waals surface area (Å²) in [5.41, 5.74) is -1.35. The SMILES string of the molecule is Cc1nc(C(C)(C)NS(=O)(=O)c2ccc(C(=O)O)nc2)no1. The molecule has 0 radical (unpaired) electrons. The second-order valence-electron chi connectivity index (χ2n) is 5.05. The van der Waals surface area contributed by atoms with Crippen molar-refractivity contribution in [2.45, 2.75) is 31.2 Å². The molecule has 0 aliphatic heterocycles. The number of nitrogens with one attached hydrogen (secondary N) is 1. The van der Waals surface area contributed by atoms with Crippen molar-refractivity contribution in [3.63, 3.8) is 0 Å². The van der Waals surface area contributed by atoms with Crippen molar-refractivity contribution in [2.24, 2.45) is 0 Å². The van der Waals surface area contributed by atoms with Crippen LogP contribution >= 0.6 is 0 Å². The number of hydrogen-bond donors (Lipinski definition) is 2. The van der Waals surface area contributed by atoms with E-state index >= 15 is 0 Å².